The Labute approximate surface area is 57.7 Å². The van der Waals surface area contributed by atoms with Crippen LogP contribution in [0.4, 0.5) is 0 Å². The molecule has 9 heavy (non-hydrogen) atoms. The summed E-state index contributed by atoms with van der Waals surface area (Å²) in [4.78, 5) is 0. The van der Waals surface area contributed by atoms with Crippen LogP contribution < -0.4 is 0 Å². The molecule has 0 aliphatic carbocycles. The number of thioether (sulfide) groups is 1. The second-order valence-corrected chi connectivity index (χ2v) is 3.54. The second kappa shape index (κ2) is 2.88. The highest BCUT2D eigenvalue weighted by molar-refractivity contribution is 8.00. The molecule has 0 amide bonds. The van der Waals surface area contributed by atoms with Crippen LogP contribution in [0, 0.1) is 0 Å². The standard InChI is InChI=1S/C5H10O3S/c6-2-4-3(7)1-5(8)9-4/h3-8H,1-2H2. The first kappa shape index (κ1) is 7.34. The van der Waals surface area contributed by atoms with Crippen LogP contribution in [0.2, 0.25) is 0 Å². The Bertz CT molecular complexity index is 98.2. The molecular weight excluding hydrogens is 140 g/mol. The van der Waals surface area contributed by atoms with Gasteiger partial charge in [-0.3, -0.25) is 0 Å². The Morgan fingerprint density at radius 1 is 1.44 bits per heavy atom. The van der Waals surface area contributed by atoms with Gasteiger partial charge in [0.25, 0.3) is 0 Å². The molecule has 1 fully saturated rings. The van der Waals surface area contributed by atoms with Gasteiger partial charge in [0.1, 0.15) is 5.44 Å². The maximum atomic E-state index is 9.02. The summed E-state index contributed by atoms with van der Waals surface area (Å²) in [6, 6.07) is 0. The van der Waals surface area contributed by atoms with Crippen LogP contribution in [-0.4, -0.2) is 38.7 Å². The highest BCUT2D eigenvalue weighted by Crippen LogP contribution is 2.31. The molecule has 0 aromatic rings. The predicted molar refractivity (Wildman–Crippen MR) is 35.1 cm³/mol. The van der Waals surface area contributed by atoms with Gasteiger partial charge in [-0.05, 0) is 0 Å². The molecule has 0 bridgehead atoms. The molecule has 1 heterocycles. The predicted octanol–water partition coefficient (Wildman–Crippen LogP) is -0.837. The van der Waals surface area contributed by atoms with Gasteiger partial charge in [-0.25, -0.2) is 0 Å². The van der Waals surface area contributed by atoms with Crippen molar-refractivity contribution in [1.29, 1.82) is 0 Å². The molecule has 3 unspecified atom stereocenters. The second-order valence-electron chi connectivity index (χ2n) is 2.11. The van der Waals surface area contributed by atoms with Gasteiger partial charge < -0.3 is 15.3 Å². The zero-order valence-electron chi connectivity index (χ0n) is 4.90. The van der Waals surface area contributed by atoms with Crippen LogP contribution in [-0.2, 0) is 0 Å². The van der Waals surface area contributed by atoms with Crippen LogP contribution in [0.5, 0.6) is 0 Å². The van der Waals surface area contributed by atoms with Crippen molar-refractivity contribution in [2.75, 3.05) is 6.61 Å². The minimum Gasteiger partial charge on any atom is -0.395 e. The maximum Gasteiger partial charge on any atom is 0.102 e. The fourth-order valence-corrected chi connectivity index (χ4v) is 1.96. The summed E-state index contributed by atoms with van der Waals surface area (Å²) in [6.45, 7) is -0.0527. The highest BCUT2D eigenvalue weighted by atomic mass is 32.2. The molecule has 4 heteroatoms. The molecular formula is C5H10O3S. The van der Waals surface area contributed by atoms with E-state index >= 15 is 0 Å². The quantitative estimate of drug-likeness (QED) is 0.456. The third kappa shape index (κ3) is 1.58. The fourth-order valence-electron chi connectivity index (χ4n) is 0.871. The lowest BCUT2D eigenvalue weighted by atomic mass is 10.2. The van der Waals surface area contributed by atoms with Gasteiger partial charge in [-0.15, -0.1) is 11.8 Å². The maximum absolute atomic E-state index is 9.02. The summed E-state index contributed by atoms with van der Waals surface area (Å²) in [5.74, 6) is 0. The van der Waals surface area contributed by atoms with E-state index in [0.29, 0.717) is 6.42 Å². The fraction of sp³-hybridized carbons (Fsp3) is 1.00. The zero-order valence-corrected chi connectivity index (χ0v) is 5.71. The first-order chi connectivity index (χ1) is 4.24. The third-order valence-corrected chi connectivity index (χ3v) is 2.70. The summed E-state index contributed by atoms with van der Waals surface area (Å²) in [5, 5.41) is 26.3. The van der Waals surface area contributed by atoms with Crippen molar-refractivity contribution in [2.45, 2.75) is 23.2 Å². The van der Waals surface area contributed by atoms with Crippen LogP contribution in [0.25, 0.3) is 0 Å². The van der Waals surface area contributed by atoms with Crippen LogP contribution in [0.15, 0.2) is 0 Å². The molecule has 1 saturated heterocycles. The Morgan fingerprint density at radius 2 is 2.11 bits per heavy atom. The summed E-state index contributed by atoms with van der Waals surface area (Å²) in [5.41, 5.74) is -0.489. The lowest BCUT2D eigenvalue weighted by Gasteiger charge is -2.07. The van der Waals surface area contributed by atoms with E-state index in [1.165, 1.54) is 11.8 Å². The van der Waals surface area contributed by atoms with E-state index < -0.39 is 11.5 Å². The van der Waals surface area contributed by atoms with Crippen LogP contribution in [0.3, 0.4) is 0 Å². The molecule has 1 aliphatic rings. The molecule has 0 aromatic carbocycles. The van der Waals surface area contributed by atoms with E-state index in [2.05, 4.69) is 0 Å². The molecule has 0 saturated carbocycles. The van der Waals surface area contributed by atoms with E-state index in [-0.39, 0.29) is 11.9 Å². The van der Waals surface area contributed by atoms with Crippen LogP contribution >= 0.6 is 11.8 Å². The van der Waals surface area contributed by atoms with E-state index in [0.717, 1.165) is 0 Å². The molecule has 1 rings (SSSR count). The smallest absolute Gasteiger partial charge is 0.102 e. The van der Waals surface area contributed by atoms with Crippen LogP contribution in [0.1, 0.15) is 6.42 Å². The lowest BCUT2D eigenvalue weighted by Crippen LogP contribution is -2.20. The number of hydrogen-bond donors (Lipinski definition) is 3. The summed E-state index contributed by atoms with van der Waals surface area (Å²) >= 11 is 1.23. The van der Waals surface area contributed by atoms with Gasteiger partial charge in [0.2, 0.25) is 0 Å². The normalized spacial score (nSPS) is 43.7. The minimum absolute atomic E-state index is 0.0527. The number of hydrogen-bond acceptors (Lipinski definition) is 4. The summed E-state index contributed by atoms with van der Waals surface area (Å²) in [7, 11) is 0. The largest absolute Gasteiger partial charge is 0.395 e. The Morgan fingerprint density at radius 3 is 2.33 bits per heavy atom. The van der Waals surface area contributed by atoms with Gasteiger partial charge in [0, 0.05) is 6.42 Å². The lowest BCUT2D eigenvalue weighted by molar-refractivity contribution is 0.118. The minimum atomic E-state index is -0.532. The van der Waals surface area contributed by atoms with Crippen molar-refractivity contribution in [3.05, 3.63) is 0 Å². The van der Waals surface area contributed by atoms with Crippen molar-refractivity contribution in [3.63, 3.8) is 0 Å². The molecule has 3 atom stereocenters. The molecule has 3 N–H and O–H groups in total. The molecule has 0 aromatic heterocycles. The van der Waals surface area contributed by atoms with E-state index in [1.807, 2.05) is 0 Å². The third-order valence-electron chi connectivity index (χ3n) is 1.38. The van der Waals surface area contributed by atoms with Crippen molar-refractivity contribution < 1.29 is 15.3 Å². The summed E-state index contributed by atoms with van der Waals surface area (Å²) in [6.07, 6.45) is -0.148. The Balaban J connectivity index is 2.38. The van der Waals surface area contributed by atoms with Crippen molar-refractivity contribution >= 4 is 11.8 Å². The number of rotatable bonds is 1. The highest BCUT2D eigenvalue weighted by Gasteiger charge is 2.31. The van der Waals surface area contributed by atoms with Gasteiger partial charge in [0.05, 0.1) is 18.0 Å². The van der Waals surface area contributed by atoms with E-state index in [9.17, 15) is 0 Å². The summed E-state index contributed by atoms with van der Waals surface area (Å²) < 4.78 is 0. The van der Waals surface area contributed by atoms with Gasteiger partial charge in [-0.1, -0.05) is 0 Å². The van der Waals surface area contributed by atoms with Crippen molar-refractivity contribution in [3.8, 4) is 0 Å². The topological polar surface area (TPSA) is 60.7 Å². The Kier molecular flexibility index (Phi) is 2.35. The molecule has 0 spiro atoms. The monoisotopic (exact) mass is 150 g/mol. The molecule has 1 aliphatic heterocycles. The average molecular weight is 150 g/mol. The number of aliphatic hydroxyl groups is 3. The van der Waals surface area contributed by atoms with E-state index in [1.54, 1.807) is 0 Å². The molecule has 3 nitrogen and oxygen atoms in total. The first-order valence-corrected chi connectivity index (χ1v) is 3.80. The zero-order chi connectivity index (χ0) is 6.85. The van der Waals surface area contributed by atoms with Crippen molar-refractivity contribution in [2.24, 2.45) is 0 Å². The average Bonchev–Trinajstić information content (AvgIpc) is 2.10. The van der Waals surface area contributed by atoms with Gasteiger partial charge in [-0.2, -0.15) is 0 Å². The van der Waals surface area contributed by atoms with Gasteiger partial charge >= 0.3 is 0 Å². The first-order valence-electron chi connectivity index (χ1n) is 2.86. The number of aliphatic hydroxyl groups excluding tert-OH is 3. The SMILES string of the molecule is OCC1SC(O)CC1O. The molecule has 54 valence electrons. The van der Waals surface area contributed by atoms with Crippen molar-refractivity contribution in [1.82, 2.24) is 0 Å². The van der Waals surface area contributed by atoms with Gasteiger partial charge in [0.15, 0.2) is 0 Å². The molecule has 0 radical (unpaired) electrons. The Hall–Kier alpha value is 0.230. The van der Waals surface area contributed by atoms with E-state index in [4.69, 9.17) is 15.3 Å².